The summed E-state index contributed by atoms with van der Waals surface area (Å²) in [5.41, 5.74) is 0.205. The molecule has 144 valence electrons. The fourth-order valence-corrected chi connectivity index (χ4v) is 3.84. The molecule has 6 nitrogen and oxygen atoms in total. The lowest BCUT2D eigenvalue weighted by Gasteiger charge is -2.35. The number of hydrogen-bond donors (Lipinski definition) is 1. The molecule has 1 aliphatic rings. The molecule has 0 heterocycles. The fraction of sp³-hybridized carbons (Fsp3) is 0.579. The minimum absolute atomic E-state index is 0.0986. The summed E-state index contributed by atoms with van der Waals surface area (Å²) in [7, 11) is -3.32. The Hall–Kier alpha value is -1.89. The number of amides is 1. The van der Waals surface area contributed by atoms with Crippen LogP contribution in [0.1, 0.15) is 50.4 Å². The number of sulfone groups is 1. The van der Waals surface area contributed by atoms with Crippen LogP contribution in [0.5, 0.6) is 0 Å². The van der Waals surface area contributed by atoms with Gasteiger partial charge in [0.25, 0.3) is 5.91 Å². The minimum Gasteiger partial charge on any atom is -0.449 e. The second-order valence-electron chi connectivity index (χ2n) is 7.23. The van der Waals surface area contributed by atoms with E-state index in [1.54, 1.807) is 0 Å². The van der Waals surface area contributed by atoms with Gasteiger partial charge in [-0.3, -0.25) is 4.79 Å². The topological polar surface area (TPSA) is 89.5 Å². The van der Waals surface area contributed by atoms with E-state index in [9.17, 15) is 18.0 Å². The van der Waals surface area contributed by atoms with Gasteiger partial charge in [-0.05, 0) is 49.4 Å². The summed E-state index contributed by atoms with van der Waals surface area (Å²) in [5, 5.41) is 2.99. The van der Waals surface area contributed by atoms with E-state index in [-0.39, 0.29) is 22.4 Å². The summed E-state index contributed by atoms with van der Waals surface area (Å²) < 4.78 is 28.1. The van der Waals surface area contributed by atoms with Gasteiger partial charge >= 0.3 is 5.97 Å². The standard InChI is InChI=1S/C19H27NO5S/c1-12-6-5-7-17(13(12)2)20-18(21)14(3)25-19(22)15-8-10-16(11-9-15)26(4,23)24/h8-14,17H,5-7H2,1-4H3,(H,20,21)/t12-,13+,14+,17+/m0/s1. The molecule has 7 heteroatoms. The van der Waals surface area contributed by atoms with Gasteiger partial charge in [0.2, 0.25) is 0 Å². The Labute approximate surface area is 155 Å². The summed E-state index contributed by atoms with van der Waals surface area (Å²) in [6.07, 6.45) is 3.37. The highest BCUT2D eigenvalue weighted by molar-refractivity contribution is 7.90. The first-order valence-corrected chi connectivity index (χ1v) is 10.8. The zero-order chi connectivity index (χ0) is 19.5. The van der Waals surface area contributed by atoms with Crippen molar-refractivity contribution in [1.82, 2.24) is 5.32 Å². The molecule has 26 heavy (non-hydrogen) atoms. The number of carbonyl (C=O) groups excluding carboxylic acids is 2. The summed E-state index contributed by atoms with van der Waals surface area (Å²) in [6.45, 7) is 5.86. The molecule has 0 radical (unpaired) electrons. The molecule has 1 aromatic carbocycles. The van der Waals surface area contributed by atoms with Crippen molar-refractivity contribution in [3.8, 4) is 0 Å². The smallest absolute Gasteiger partial charge is 0.338 e. The highest BCUT2D eigenvalue weighted by Crippen LogP contribution is 2.29. The van der Waals surface area contributed by atoms with E-state index in [1.807, 2.05) is 0 Å². The second-order valence-corrected chi connectivity index (χ2v) is 9.24. The predicted molar refractivity (Wildman–Crippen MR) is 98.5 cm³/mol. The molecule has 0 aromatic heterocycles. The van der Waals surface area contributed by atoms with E-state index in [0.29, 0.717) is 11.8 Å². The SMILES string of the molecule is C[C@@H]1[C@@H](C)CCC[C@H]1NC(=O)[C@@H](C)OC(=O)c1ccc(S(C)(=O)=O)cc1. The minimum atomic E-state index is -3.32. The van der Waals surface area contributed by atoms with Gasteiger partial charge in [-0.1, -0.05) is 26.7 Å². The molecule has 1 amide bonds. The lowest BCUT2D eigenvalue weighted by atomic mass is 9.78. The van der Waals surface area contributed by atoms with Crippen LogP contribution in [-0.4, -0.2) is 38.7 Å². The summed E-state index contributed by atoms with van der Waals surface area (Å²) in [5.74, 6) is -0.0192. The van der Waals surface area contributed by atoms with E-state index in [1.165, 1.54) is 37.6 Å². The van der Waals surface area contributed by atoms with Gasteiger partial charge < -0.3 is 10.1 Å². The zero-order valence-corrected chi connectivity index (χ0v) is 16.5. The molecule has 0 unspecified atom stereocenters. The number of hydrogen-bond acceptors (Lipinski definition) is 5. The summed E-state index contributed by atoms with van der Waals surface area (Å²) >= 11 is 0. The Bertz CT molecular complexity index is 757. The Kier molecular flexibility index (Phi) is 6.44. The Morgan fingerprint density at radius 1 is 1.15 bits per heavy atom. The van der Waals surface area contributed by atoms with Gasteiger partial charge in [-0.15, -0.1) is 0 Å². The normalized spacial score (nSPS) is 24.5. The second kappa shape index (κ2) is 8.20. The lowest BCUT2D eigenvalue weighted by Crippen LogP contribution is -2.47. The molecular formula is C19H27NO5S. The van der Waals surface area contributed by atoms with Crippen molar-refractivity contribution in [1.29, 1.82) is 0 Å². The van der Waals surface area contributed by atoms with Gasteiger partial charge in [-0.25, -0.2) is 13.2 Å². The quantitative estimate of drug-likeness (QED) is 0.792. The van der Waals surface area contributed by atoms with Gasteiger partial charge in [-0.2, -0.15) is 0 Å². The molecule has 1 N–H and O–H groups in total. The van der Waals surface area contributed by atoms with Crippen molar-refractivity contribution >= 4 is 21.7 Å². The number of esters is 1. The zero-order valence-electron chi connectivity index (χ0n) is 15.7. The van der Waals surface area contributed by atoms with E-state index >= 15 is 0 Å². The van der Waals surface area contributed by atoms with Crippen LogP contribution in [0.15, 0.2) is 29.2 Å². The predicted octanol–water partition coefficient (Wildman–Crippen LogP) is 2.58. The largest absolute Gasteiger partial charge is 0.449 e. The molecule has 0 aliphatic heterocycles. The van der Waals surface area contributed by atoms with E-state index < -0.39 is 21.9 Å². The van der Waals surface area contributed by atoms with Gasteiger partial charge in [0.05, 0.1) is 10.5 Å². The number of rotatable bonds is 5. The Morgan fingerprint density at radius 2 is 1.77 bits per heavy atom. The highest BCUT2D eigenvalue weighted by atomic mass is 32.2. The van der Waals surface area contributed by atoms with Crippen LogP contribution >= 0.6 is 0 Å². The Morgan fingerprint density at radius 3 is 2.35 bits per heavy atom. The van der Waals surface area contributed by atoms with Gasteiger partial charge in [0, 0.05) is 12.3 Å². The number of benzene rings is 1. The number of ether oxygens (including phenoxy) is 1. The molecule has 4 atom stereocenters. The third kappa shape index (κ3) is 5.06. The lowest BCUT2D eigenvalue weighted by molar-refractivity contribution is -0.130. The molecule has 1 aliphatic carbocycles. The molecule has 1 saturated carbocycles. The van der Waals surface area contributed by atoms with Gasteiger partial charge in [0.15, 0.2) is 15.9 Å². The van der Waals surface area contributed by atoms with Crippen LogP contribution in [0, 0.1) is 11.8 Å². The number of carbonyl (C=O) groups is 2. The average Bonchev–Trinajstić information content (AvgIpc) is 2.58. The van der Waals surface area contributed by atoms with Crippen LogP contribution in [0.25, 0.3) is 0 Å². The molecule has 0 spiro atoms. The van der Waals surface area contributed by atoms with Crippen LogP contribution < -0.4 is 5.32 Å². The highest BCUT2D eigenvalue weighted by Gasteiger charge is 2.30. The maximum Gasteiger partial charge on any atom is 0.338 e. The van der Waals surface area contributed by atoms with Gasteiger partial charge in [0.1, 0.15) is 0 Å². The molecular weight excluding hydrogens is 354 g/mol. The van der Waals surface area contributed by atoms with Crippen LogP contribution in [0.4, 0.5) is 0 Å². The molecule has 2 rings (SSSR count). The fourth-order valence-electron chi connectivity index (χ4n) is 3.21. The van der Waals surface area contributed by atoms with Crippen LogP contribution in [0.2, 0.25) is 0 Å². The van der Waals surface area contributed by atoms with Crippen LogP contribution in [0.3, 0.4) is 0 Å². The average molecular weight is 381 g/mol. The molecule has 1 aromatic rings. The van der Waals surface area contributed by atoms with E-state index in [2.05, 4.69) is 19.2 Å². The summed E-state index contributed by atoms with van der Waals surface area (Å²) in [4.78, 5) is 24.7. The maximum atomic E-state index is 12.3. The van der Waals surface area contributed by atoms with Crippen molar-refractivity contribution in [3.63, 3.8) is 0 Å². The monoisotopic (exact) mass is 381 g/mol. The Balaban J connectivity index is 1.94. The third-order valence-electron chi connectivity index (χ3n) is 5.21. The van der Waals surface area contributed by atoms with Crippen molar-refractivity contribution in [2.45, 2.75) is 57.1 Å². The van der Waals surface area contributed by atoms with E-state index in [0.717, 1.165) is 19.1 Å². The van der Waals surface area contributed by atoms with Crippen molar-refractivity contribution in [3.05, 3.63) is 29.8 Å². The first-order valence-electron chi connectivity index (χ1n) is 8.91. The number of nitrogens with one attached hydrogen (secondary N) is 1. The van der Waals surface area contributed by atoms with Crippen LogP contribution in [-0.2, 0) is 19.4 Å². The molecule has 0 bridgehead atoms. The first kappa shape index (κ1) is 20.4. The molecule has 1 fully saturated rings. The third-order valence-corrected chi connectivity index (χ3v) is 6.33. The van der Waals surface area contributed by atoms with Crippen molar-refractivity contribution in [2.24, 2.45) is 11.8 Å². The molecule has 0 saturated heterocycles. The summed E-state index contributed by atoms with van der Waals surface area (Å²) in [6, 6.07) is 5.56. The first-order chi connectivity index (χ1) is 12.1. The van der Waals surface area contributed by atoms with Crippen molar-refractivity contribution < 1.29 is 22.7 Å². The van der Waals surface area contributed by atoms with Crippen molar-refractivity contribution in [2.75, 3.05) is 6.26 Å². The van der Waals surface area contributed by atoms with E-state index in [4.69, 9.17) is 4.74 Å². The maximum absolute atomic E-state index is 12.3.